The van der Waals surface area contributed by atoms with Gasteiger partial charge in [0.25, 0.3) is 0 Å². The fraction of sp³-hybridized carbons (Fsp3) is 0.750. The summed E-state index contributed by atoms with van der Waals surface area (Å²) in [7, 11) is 0. The van der Waals surface area contributed by atoms with Crippen molar-refractivity contribution in [2.45, 2.75) is 277 Å². The van der Waals surface area contributed by atoms with Gasteiger partial charge in [-0.2, -0.15) is 0 Å². The van der Waals surface area contributed by atoms with Crippen LogP contribution in [0.5, 0.6) is 0 Å². The van der Waals surface area contributed by atoms with Crippen molar-refractivity contribution in [1.82, 2.24) is 0 Å². The quantitative estimate of drug-likeness (QED) is 0.0199. The van der Waals surface area contributed by atoms with Crippen molar-refractivity contribution in [2.75, 3.05) is 13.2 Å². The van der Waals surface area contributed by atoms with E-state index in [0.29, 0.717) is 19.3 Å². The summed E-state index contributed by atoms with van der Waals surface area (Å²) in [5.74, 6) is -0.912. The minimum Gasteiger partial charge on any atom is -0.462 e. The molecule has 0 aromatic rings. The van der Waals surface area contributed by atoms with Crippen molar-refractivity contribution in [1.29, 1.82) is 0 Å². The Morgan fingerprint density at radius 2 is 0.667 bits per heavy atom. The molecule has 0 bridgehead atoms. The van der Waals surface area contributed by atoms with E-state index in [-0.39, 0.29) is 31.1 Å². The SMILES string of the molecule is CC/C=C/C=C/C=C/CCCCCCCC(=O)OCC(COC(=O)CCCCCCCCCCCCCCCCCCCCC)OC(=O)CCCCCCCC/C=C/C/C=C/C/C=C/CC. The van der Waals surface area contributed by atoms with Crippen molar-refractivity contribution in [3.05, 3.63) is 72.9 Å². The van der Waals surface area contributed by atoms with Gasteiger partial charge in [0.2, 0.25) is 0 Å². The topological polar surface area (TPSA) is 78.9 Å². The van der Waals surface area contributed by atoms with Gasteiger partial charge in [-0.15, -0.1) is 0 Å². The summed E-state index contributed by atoms with van der Waals surface area (Å²) >= 11 is 0. The molecule has 6 heteroatoms. The predicted molar refractivity (Wildman–Crippen MR) is 284 cm³/mol. The van der Waals surface area contributed by atoms with E-state index in [2.05, 4.69) is 93.7 Å². The van der Waals surface area contributed by atoms with E-state index < -0.39 is 6.10 Å². The van der Waals surface area contributed by atoms with Gasteiger partial charge in [-0.25, -0.2) is 0 Å². The second-order valence-electron chi connectivity index (χ2n) is 18.5. The van der Waals surface area contributed by atoms with Crippen LogP contribution in [0.3, 0.4) is 0 Å². The third-order valence-electron chi connectivity index (χ3n) is 12.0. The zero-order valence-corrected chi connectivity index (χ0v) is 43.4. The first kappa shape index (κ1) is 62.8. The molecule has 1 unspecified atom stereocenters. The molecule has 0 aromatic carbocycles. The average molecular weight is 921 g/mol. The van der Waals surface area contributed by atoms with Crippen LogP contribution in [-0.2, 0) is 28.6 Å². The smallest absolute Gasteiger partial charge is 0.306 e. The van der Waals surface area contributed by atoms with E-state index in [1.54, 1.807) is 0 Å². The molecule has 0 aliphatic carbocycles. The molecule has 1 atom stereocenters. The summed E-state index contributed by atoms with van der Waals surface area (Å²) < 4.78 is 16.8. The molecule has 0 amide bonds. The molecule has 0 saturated carbocycles. The lowest BCUT2D eigenvalue weighted by atomic mass is 10.0. The van der Waals surface area contributed by atoms with Gasteiger partial charge in [-0.05, 0) is 70.6 Å². The van der Waals surface area contributed by atoms with Gasteiger partial charge in [0, 0.05) is 19.3 Å². The number of hydrogen-bond acceptors (Lipinski definition) is 6. The van der Waals surface area contributed by atoms with Crippen molar-refractivity contribution in [2.24, 2.45) is 0 Å². The van der Waals surface area contributed by atoms with E-state index in [1.165, 1.54) is 116 Å². The van der Waals surface area contributed by atoms with Gasteiger partial charge in [0.05, 0.1) is 0 Å². The Morgan fingerprint density at radius 3 is 1.09 bits per heavy atom. The van der Waals surface area contributed by atoms with E-state index in [1.807, 2.05) is 0 Å². The maximum absolute atomic E-state index is 12.8. The van der Waals surface area contributed by atoms with Crippen LogP contribution in [-0.4, -0.2) is 37.2 Å². The molecule has 0 aromatic heterocycles. The molecule has 0 saturated heterocycles. The van der Waals surface area contributed by atoms with Crippen LogP contribution in [0.25, 0.3) is 0 Å². The lowest BCUT2D eigenvalue weighted by Crippen LogP contribution is -2.30. The normalized spacial score (nSPS) is 12.6. The van der Waals surface area contributed by atoms with Crippen LogP contribution in [0, 0.1) is 0 Å². The lowest BCUT2D eigenvalue weighted by molar-refractivity contribution is -0.167. The standard InChI is InChI=1S/C60H104O6/c1-4-7-10-13-16-19-22-25-27-29-30-31-33-35-38-41-44-47-50-53-59(62)65-56-57(55-64-58(61)52-49-46-43-40-37-34-24-21-18-15-12-9-6-3)66-60(63)54-51-48-45-42-39-36-32-28-26-23-20-17-14-11-8-5-2/h8-9,11-12,15,17-18,20-21,24,26,28,57H,4-7,10,13-14,16,19,22-23,25,27,29-56H2,1-3H3/b11-8+,12-9+,18-15+,20-17+,24-21+,28-26+. The Morgan fingerprint density at radius 1 is 0.333 bits per heavy atom. The maximum atomic E-state index is 12.8. The van der Waals surface area contributed by atoms with Crippen LogP contribution >= 0.6 is 0 Å². The number of hydrogen-bond donors (Lipinski definition) is 0. The summed E-state index contributed by atoms with van der Waals surface area (Å²) in [6.07, 6.45) is 68.9. The summed E-state index contributed by atoms with van der Waals surface area (Å²) in [5, 5.41) is 0. The Bertz CT molecular complexity index is 1240. The number of rotatable bonds is 50. The monoisotopic (exact) mass is 921 g/mol. The molecule has 0 N–H and O–H groups in total. The number of allylic oxidation sites excluding steroid dienone is 12. The van der Waals surface area contributed by atoms with Crippen LogP contribution in [0.15, 0.2) is 72.9 Å². The van der Waals surface area contributed by atoms with Crippen LogP contribution in [0.2, 0.25) is 0 Å². The van der Waals surface area contributed by atoms with Crippen molar-refractivity contribution < 1.29 is 28.6 Å². The van der Waals surface area contributed by atoms with Gasteiger partial charge in [0.15, 0.2) is 6.10 Å². The van der Waals surface area contributed by atoms with Crippen molar-refractivity contribution in [3.8, 4) is 0 Å². The second kappa shape index (κ2) is 54.5. The van der Waals surface area contributed by atoms with Gasteiger partial charge in [-0.3, -0.25) is 14.4 Å². The Kier molecular flexibility index (Phi) is 51.9. The number of unbranched alkanes of at least 4 members (excludes halogenated alkanes) is 29. The molecule has 0 aliphatic heterocycles. The van der Waals surface area contributed by atoms with E-state index in [4.69, 9.17) is 14.2 Å². The van der Waals surface area contributed by atoms with Crippen molar-refractivity contribution >= 4 is 17.9 Å². The first-order valence-electron chi connectivity index (χ1n) is 28.0. The van der Waals surface area contributed by atoms with E-state index >= 15 is 0 Å². The summed E-state index contributed by atoms with van der Waals surface area (Å²) in [5.41, 5.74) is 0. The summed E-state index contributed by atoms with van der Waals surface area (Å²) in [6.45, 7) is 6.39. The number of ether oxygens (including phenoxy) is 3. The highest BCUT2D eigenvalue weighted by atomic mass is 16.6. The highest BCUT2D eigenvalue weighted by Crippen LogP contribution is 2.16. The molecule has 0 aliphatic rings. The summed E-state index contributed by atoms with van der Waals surface area (Å²) in [4.78, 5) is 38.1. The van der Waals surface area contributed by atoms with Crippen LogP contribution in [0.1, 0.15) is 271 Å². The van der Waals surface area contributed by atoms with E-state index in [9.17, 15) is 14.4 Å². The Balaban J connectivity index is 4.37. The fourth-order valence-electron chi connectivity index (χ4n) is 7.87. The molecule has 0 radical (unpaired) electrons. The highest BCUT2D eigenvalue weighted by molar-refractivity contribution is 5.71. The predicted octanol–water partition coefficient (Wildman–Crippen LogP) is 18.6. The van der Waals surface area contributed by atoms with Crippen LogP contribution < -0.4 is 0 Å². The highest BCUT2D eigenvalue weighted by Gasteiger charge is 2.19. The first-order valence-corrected chi connectivity index (χ1v) is 28.0. The Labute approximate surface area is 408 Å². The third-order valence-corrected chi connectivity index (χ3v) is 12.0. The lowest BCUT2D eigenvalue weighted by Gasteiger charge is -2.18. The second-order valence-corrected chi connectivity index (χ2v) is 18.5. The van der Waals surface area contributed by atoms with Crippen molar-refractivity contribution in [3.63, 3.8) is 0 Å². The maximum Gasteiger partial charge on any atom is 0.306 e. The Hall–Kier alpha value is -3.15. The molecule has 0 fully saturated rings. The number of carbonyl (C=O) groups excluding carboxylic acids is 3. The van der Waals surface area contributed by atoms with Gasteiger partial charge >= 0.3 is 17.9 Å². The minimum atomic E-state index is -0.789. The first-order chi connectivity index (χ1) is 32.5. The minimum absolute atomic E-state index is 0.0856. The number of esters is 3. The van der Waals surface area contributed by atoms with Gasteiger partial charge < -0.3 is 14.2 Å². The molecule has 0 rings (SSSR count). The van der Waals surface area contributed by atoms with Crippen LogP contribution in [0.4, 0.5) is 0 Å². The molecule has 66 heavy (non-hydrogen) atoms. The van der Waals surface area contributed by atoms with E-state index in [0.717, 1.165) is 116 Å². The third kappa shape index (κ3) is 51.8. The molecular weight excluding hydrogens is 817 g/mol. The zero-order chi connectivity index (χ0) is 47.9. The van der Waals surface area contributed by atoms with Gasteiger partial charge in [0.1, 0.15) is 13.2 Å². The van der Waals surface area contributed by atoms with Gasteiger partial charge in [-0.1, -0.05) is 254 Å². The molecule has 0 heterocycles. The molecule has 380 valence electrons. The zero-order valence-electron chi connectivity index (χ0n) is 43.4. The largest absolute Gasteiger partial charge is 0.462 e. The molecular formula is C60H104O6. The fourth-order valence-corrected chi connectivity index (χ4v) is 7.87. The average Bonchev–Trinajstić information content (AvgIpc) is 3.31. The molecule has 0 spiro atoms. The summed E-state index contributed by atoms with van der Waals surface area (Å²) in [6, 6.07) is 0. The number of carbonyl (C=O) groups is 3. The molecule has 6 nitrogen and oxygen atoms in total.